The number of amides is 1. The Morgan fingerprint density at radius 2 is 2.07 bits per heavy atom. The van der Waals surface area contributed by atoms with Gasteiger partial charge in [0.05, 0.1) is 37.3 Å². The van der Waals surface area contributed by atoms with Crippen molar-refractivity contribution < 1.29 is 31.9 Å². The third kappa shape index (κ3) is 4.10. The Kier molecular flexibility index (Phi) is 4.89. The highest BCUT2D eigenvalue weighted by Crippen LogP contribution is 2.35. The standard InChI is InChI=1S/C17H14F3N3O4/c1-26-15(25)6-21-14(24)5-12-8-23-7-11(10-2-3-27-9-10)4-13(16(23)22-12)17(18,19)20/h2-4,7-9H,5-6H2,1H3,(H,21,24). The number of carbonyl (C=O) groups is 2. The van der Waals surface area contributed by atoms with Crippen molar-refractivity contribution in [2.45, 2.75) is 12.6 Å². The minimum atomic E-state index is -4.63. The number of rotatable bonds is 5. The van der Waals surface area contributed by atoms with E-state index >= 15 is 0 Å². The fraction of sp³-hybridized carbons (Fsp3) is 0.235. The van der Waals surface area contributed by atoms with Gasteiger partial charge in [0.2, 0.25) is 5.91 Å². The van der Waals surface area contributed by atoms with Crippen LogP contribution < -0.4 is 5.32 Å². The van der Waals surface area contributed by atoms with Gasteiger partial charge in [-0.1, -0.05) is 0 Å². The largest absolute Gasteiger partial charge is 0.472 e. The Morgan fingerprint density at radius 1 is 1.30 bits per heavy atom. The molecular weight excluding hydrogens is 367 g/mol. The molecule has 0 saturated heterocycles. The first-order valence-electron chi connectivity index (χ1n) is 7.73. The predicted molar refractivity (Wildman–Crippen MR) is 86.6 cm³/mol. The maximum Gasteiger partial charge on any atom is 0.420 e. The van der Waals surface area contributed by atoms with E-state index in [1.54, 1.807) is 6.07 Å². The molecule has 0 aliphatic heterocycles. The number of ether oxygens (including phenoxy) is 1. The van der Waals surface area contributed by atoms with E-state index in [0.29, 0.717) is 11.1 Å². The quantitative estimate of drug-likeness (QED) is 0.686. The highest BCUT2D eigenvalue weighted by atomic mass is 19.4. The predicted octanol–water partition coefficient (Wildman–Crippen LogP) is 2.44. The van der Waals surface area contributed by atoms with E-state index in [9.17, 15) is 22.8 Å². The lowest BCUT2D eigenvalue weighted by Crippen LogP contribution is -2.31. The van der Waals surface area contributed by atoms with Crippen LogP contribution in [0.15, 0.2) is 41.5 Å². The third-order valence-electron chi connectivity index (χ3n) is 3.76. The molecule has 10 heteroatoms. The van der Waals surface area contributed by atoms with Gasteiger partial charge >= 0.3 is 12.1 Å². The van der Waals surface area contributed by atoms with Gasteiger partial charge in [0.15, 0.2) is 0 Å². The van der Waals surface area contributed by atoms with Crippen molar-refractivity contribution in [3.63, 3.8) is 0 Å². The number of carbonyl (C=O) groups excluding carboxylic acids is 2. The highest BCUT2D eigenvalue weighted by molar-refractivity contribution is 5.83. The number of esters is 1. The van der Waals surface area contributed by atoms with Gasteiger partial charge in [-0.15, -0.1) is 0 Å². The van der Waals surface area contributed by atoms with Gasteiger partial charge in [-0.25, -0.2) is 4.98 Å². The summed E-state index contributed by atoms with van der Waals surface area (Å²) >= 11 is 0. The molecule has 0 bridgehead atoms. The maximum atomic E-state index is 13.5. The first kappa shape index (κ1) is 18.5. The van der Waals surface area contributed by atoms with Crippen molar-refractivity contribution in [3.05, 3.63) is 48.3 Å². The van der Waals surface area contributed by atoms with Gasteiger partial charge in [-0.2, -0.15) is 13.2 Å². The minimum Gasteiger partial charge on any atom is -0.472 e. The van der Waals surface area contributed by atoms with Crippen LogP contribution in [0.5, 0.6) is 0 Å². The van der Waals surface area contributed by atoms with Crippen molar-refractivity contribution >= 4 is 17.5 Å². The summed E-state index contributed by atoms with van der Waals surface area (Å²) in [5.74, 6) is -1.20. The summed E-state index contributed by atoms with van der Waals surface area (Å²) in [6, 6.07) is 2.52. The molecule has 3 heterocycles. The Balaban J connectivity index is 1.93. The summed E-state index contributed by atoms with van der Waals surface area (Å²) in [6.07, 6.45) is 0.592. The van der Waals surface area contributed by atoms with Gasteiger partial charge in [-0.3, -0.25) is 9.59 Å². The van der Waals surface area contributed by atoms with Gasteiger partial charge in [0, 0.05) is 23.5 Å². The molecule has 0 aromatic carbocycles. The molecular formula is C17H14F3N3O4. The smallest absolute Gasteiger partial charge is 0.420 e. The summed E-state index contributed by atoms with van der Waals surface area (Å²) in [5, 5.41) is 2.31. The van der Waals surface area contributed by atoms with Crippen LogP contribution in [0, 0.1) is 0 Å². The summed E-state index contributed by atoms with van der Waals surface area (Å²) in [6.45, 7) is -0.332. The second-order valence-corrected chi connectivity index (χ2v) is 5.64. The van der Waals surface area contributed by atoms with E-state index in [2.05, 4.69) is 15.0 Å². The second-order valence-electron chi connectivity index (χ2n) is 5.64. The van der Waals surface area contributed by atoms with Crippen LogP contribution in [0.25, 0.3) is 16.8 Å². The molecule has 3 aromatic heterocycles. The van der Waals surface area contributed by atoms with Crippen LogP contribution >= 0.6 is 0 Å². The molecule has 0 aliphatic carbocycles. The lowest BCUT2D eigenvalue weighted by molar-refractivity contribution is -0.141. The molecule has 3 rings (SSSR count). The summed E-state index contributed by atoms with van der Waals surface area (Å²) in [4.78, 5) is 26.8. The summed E-state index contributed by atoms with van der Waals surface area (Å²) in [5.41, 5.74) is -0.337. The van der Waals surface area contributed by atoms with Crippen LogP contribution in [0.1, 0.15) is 11.3 Å². The van der Waals surface area contributed by atoms with E-state index in [0.717, 1.165) is 6.07 Å². The number of aromatic nitrogens is 2. The number of halogens is 3. The average Bonchev–Trinajstić information content (AvgIpc) is 3.26. The Morgan fingerprint density at radius 3 is 2.70 bits per heavy atom. The van der Waals surface area contributed by atoms with Crippen molar-refractivity contribution in [2.24, 2.45) is 0 Å². The van der Waals surface area contributed by atoms with Crippen molar-refractivity contribution in [1.82, 2.24) is 14.7 Å². The van der Waals surface area contributed by atoms with Gasteiger partial charge in [-0.05, 0) is 12.1 Å². The number of nitrogens with one attached hydrogen (secondary N) is 1. The summed E-state index contributed by atoms with van der Waals surface area (Å²) in [7, 11) is 1.17. The average molecular weight is 381 g/mol. The number of methoxy groups -OCH3 is 1. The highest BCUT2D eigenvalue weighted by Gasteiger charge is 2.35. The van der Waals surface area contributed by atoms with E-state index in [1.165, 1.54) is 36.4 Å². The molecule has 0 unspecified atom stereocenters. The minimum absolute atomic E-state index is 0.132. The number of hydrogen-bond acceptors (Lipinski definition) is 5. The van der Waals surface area contributed by atoms with Crippen LogP contribution in [-0.4, -0.2) is 34.9 Å². The summed E-state index contributed by atoms with van der Waals surface area (Å²) < 4.78 is 50.9. The number of alkyl halides is 3. The molecule has 1 amide bonds. The van der Waals surface area contributed by atoms with E-state index in [4.69, 9.17) is 4.42 Å². The Hall–Kier alpha value is -3.30. The zero-order chi connectivity index (χ0) is 19.6. The van der Waals surface area contributed by atoms with E-state index in [1.807, 2.05) is 0 Å². The molecule has 7 nitrogen and oxygen atoms in total. The molecule has 0 atom stereocenters. The maximum absolute atomic E-state index is 13.5. The monoisotopic (exact) mass is 381 g/mol. The number of hydrogen-bond donors (Lipinski definition) is 1. The normalized spacial score (nSPS) is 11.6. The van der Waals surface area contributed by atoms with Crippen molar-refractivity contribution in [3.8, 4) is 11.1 Å². The molecule has 142 valence electrons. The van der Waals surface area contributed by atoms with Crippen molar-refractivity contribution in [2.75, 3.05) is 13.7 Å². The Labute approximate surface area is 150 Å². The first-order chi connectivity index (χ1) is 12.8. The number of furan rings is 1. The molecule has 0 radical (unpaired) electrons. The second kappa shape index (κ2) is 7.14. The Bertz CT molecular complexity index is 977. The molecule has 0 saturated carbocycles. The van der Waals surface area contributed by atoms with E-state index < -0.39 is 23.6 Å². The zero-order valence-electron chi connectivity index (χ0n) is 14.0. The number of imidazole rings is 1. The van der Waals surface area contributed by atoms with Crippen LogP contribution in [0.4, 0.5) is 13.2 Å². The lowest BCUT2D eigenvalue weighted by Gasteiger charge is -2.10. The third-order valence-corrected chi connectivity index (χ3v) is 3.76. The fourth-order valence-corrected chi connectivity index (χ4v) is 2.50. The first-order valence-corrected chi connectivity index (χ1v) is 7.73. The van der Waals surface area contributed by atoms with Gasteiger partial charge < -0.3 is 18.9 Å². The van der Waals surface area contributed by atoms with Crippen LogP contribution in [-0.2, 0) is 26.9 Å². The van der Waals surface area contributed by atoms with E-state index in [-0.39, 0.29) is 24.3 Å². The van der Waals surface area contributed by atoms with Gasteiger partial charge in [0.25, 0.3) is 0 Å². The number of nitrogens with zero attached hydrogens (tertiary/aromatic N) is 2. The molecule has 27 heavy (non-hydrogen) atoms. The van der Waals surface area contributed by atoms with Crippen LogP contribution in [0.2, 0.25) is 0 Å². The number of pyridine rings is 1. The number of fused-ring (bicyclic) bond motifs is 1. The van der Waals surface area contributed by atoms with Crippen molar-refractivity contribution in [1.29, 1.82) is 0 Å². The van der Waals surface area contributed by atoms with Gasteiger partial charge in [0.1, 0.15) is 12.2 Å². The molecule has 0 fully saturated rings. The molecule has 0 spiro atoms. The molecule has 0 aliphatic rings. The molecule has 1 N–H and O–H groups in total. The topological polar surface area (TPSA) is 85.8 Å². The zero-order valence-corrected chi connectivity index (χ0v) is 14.0. The van der Waals surface area contributed by atoms with Crippen LogP contribution in [0.3, 0.4) is 0 Å². The SMILES string of the molecule is COC(=O)CNC(=O)Cc1cn2cc(-c3ccoc3)cc(C(F)(F)F)c2n1. The lowest BCUT2D eigenvalue weighted by atomic mass is 10.1. The molecule has 3 aromatic rings. The fourth-order valence-electron chi connectivity index (χ4n) is 2.50.